The highest BCUT2D eigenvalue weighted by atomic mass is 16.5. The molecule has 1 rings (SSSR count). The van der Waals surface area contributed by atoms with E-state index in [-0.39, 0.29) is 11.1 Å². The van der Waals surface area contributed by atoms with E-state index in [0.717, 1.165) is 12.5 Å². The van der Waals surface area contributed by atoms with Crippen LogP contribution in [0.2, 0.25) is 0 Å². The molecular weight excluding hydrogens is 176 g/mol. The summed E-state index contributed by atoms with van der Waals surface area (Å²) in [6.45, 7) is -0.663. The van der Waals surface area contributed by atoms with Gasteiger partial charge in [0.15, 0.2) is 5.78 Å². The van der Waals surface area contributed by atoms with Gasteiger partial charge >= 0.3 is 5.97 Å². The lowest BCUT2D eigenvalue weighted by molar-refractivity contribution is 0.0595. The molecule has 0 saturated heterocycles. The van der Waals surface area contributed by atoms with Gasteiger partial charge in [-0.05, 0) is 0 Å². The van der Waals surface area contributed by atoms with E-state index in [2.05, 4.69) is 9.15 Å². The molecule has 13 heavy (non-hydrogen) atoms. The summed E-state index contributed by atoms with van der Waals surface area (Å²) in [5, 5.41) is 8.54. The number of ketones is 1. The van der Waals surface area contributed by atoms with Crippen LogP contribution in [-0.4, -0.2) is 30.6 Å². The van der Waals surface area contributed by atoms with Crippen molar-refractivity contribution >= 4 is 11.8 Å². The Morgan fingerprint density at radius 1 is 1.46 bits per heavy atom. The van der Waals surface area contributed by atoms with Crippen molar-refractivity contribution in [3.8, 4) is 0 Å². The third-order valence-corrected chi connectivity index (χ3v) is 1.51. The van der Waals surface area contributed by atoms with Gasteiger partial charge in [-0.3, -0.25) is 4.79 Å². The number of Topliss-reactive ketones (excluding diaryl/α,β-unsaturated/α-hetero) is 1. The highest BCUT2D eigenvalue weighted by Gasteiger charge is 2.19. The summed E-state index contributed by atoms with van der Waals surface area (Å²) < 4.78 is 9.06. The number of hydrogen-bond donors (Lipinski definition) is 1. The second kappa shape index (κ2) is 3.86. The molecule has 1 aromatic rings. The minimum absolute atomic E-state index is 0.0292. The van der Waals surface area contributed by atoms with E-state index in [0.29, 0.717) is 0 Å². The SMILES string of the molecule is COC(=O)c1cocc1C(=O)CO. The molecule has 1 N–H and O–H groups in total. The van der Waals surface area contributed by atoms with Crippen molar-refractivity contribution in [2.24, 2.45) is 0 Å². The van der Waals surface area contributed by atoms with E-state index < -0.39 is 18.4 Å². The van der Waals surface area contributed by atoms with Crippen LogP contribution in [0, 0.1) is 0 Å². The van der Waals surface area contributed by atoms with E-state index in [1.165, 1.54) is 7.11 Å². The average molecular weight is 184 g/mol. The van der Waals surface area contributed by atoms with Gasteiger partial charge in [-0.2, -0.15) is 0 Å². The third kappa shape index (κ3) is 1.75. The Bertz CT molecular complexity index is 295. The summed E-state index contributed by atoms with van der Waals surface area (Å²) >= 11 is 0. The molecule has 0 fully saturated rings. The topological polar surface area (TPSA) is 76.7 Å². The molecule has 5 nitrogen and oxygen atoms in total. The molecule has 0 spiro atoms. The largest absolute Gasteiger partial charge is 0.471 e. The molecule has 0 radical (unpaired) electrons. The van der Waals surface area contributed by atoms with Gasteiger partial charge in [0, 0.05) is 0 Å². The molecule has 5 heteroatoms. The van der Waals surface area contributed by atoms with Gasteiger partial charge in [-0.1, -0.05) is 0 Å². The maximum atomic E-state index is 11.0. The lowest BCUT2D eigenvalue weighted by Crippen LogP contribution is -2.10. The Labute approximate surface area is 73.9 Å². The summed E-state index contributed by atoms with van der Waals surface area (Å²) in [7, 11) is 1.20. The molecule has 0 amide bonds. The first kappa shape index (κ1) is 9.47. The normalized spacial score (nSPS) is 9.69. The van der Waals surface area contributed by atoms with Crippen molar-refractivity contribution in [1.29, 1.82) is 0 Å². The Balaban J connectivity index is 3.02. The van der Waals surface area contributed by atoms with Crippen LogP contribution >= 0.6 is 0 Å². The first-order valence-electron chi connectivity index (χ1n) is 3.49. The zero-order chi connectivity index (χ0) is 9.84. The summed E-state index contributed by atoms with van der Waals surface area (Å²) in [4.78, 5) is 22.0. The van der Waals surface area contributed by atoms with Crippen molar-refractivity contribution in [3.63, 3.8) is 0 Å². The molecule has 0 unspecified atom stereocenters. The number of hydrogen-bond acceptors (Lipinski definition) is 5. The number of aliphatic hydroxyl groups is 1. The highest BCUT2D eigenvalue weighted by Crippen LogP contribution is 2.12. The second-order valence-corrected chi connectivity index (χ2v) is 2.27. The number of esters is 1. The minimum atomic E-state index is -0.663. The number of aliphatic hydroxyl groups excluding tert-OH is 1. The molecule has 0 aliphatic heterocycles. The molecule has 1 aromatic heterocycles. The number of ether oxygens (including phenoxy) is 1. The zero-order valence-corrected chi connectivity index (χ0v) is 6.94. The van der Waals surface area contributed by atoms with Crippen molar-refractivity contribution < 1.29 is 23.8 Å². The van der Waals surface area contributed by atoms with Gasteiger partial charge in [0.2, 0.25) is 0 Å². The van der Waals surface area contributed by atoms with E-state index in [4.69, 9.17) is 5.11 Å². The standard InChI is InChI=1S/C8H8O5/c1-12-8(11)6-4-13-3-5(6)7(10)2-9/h3-4,9H,2H2,1H3. The predicted octanol–water partition coefficient (Wildman–Crippen LogP) is 0.241. The van der Waals surface area contributed by atoms with Crippen LogP contribution < -0.4 is 0 Å². The first-order valence-corrected chi connectivity index (χ1v) is 3.49. The van der Waals surface area contributed by atoms with Crippen LogP contribution in [0.1, 0.15) is 20.7 Å². The number of furan rings is 1. The Morgan fingerprint density at radius 3 is 2.62 bits per heavy atom. The van der Waals surface area contributed by atoms with Crippen LogP contribution in [0.5, 0.6) is 0 Å². The van der Waals surface area contributed by atoms with Crippen molar-refractivity contribution in [1.82, 2.24) is 0 Å². The fraction of sp³-hybridized carbons (Fsp3) is 0.250. The average Bonchev–Trinajstić information content (AvgIpc) is 2.63. The van der Waals surface area contributed by atoms with Gasteiger partial charge in [0.1, 0.15) is 24.7 Å². The Kier molecular flexibility index (Phi) is 2.81. The summed E-state index contributed by atoms with van der Waals surface area (Å²) in [6, 6.07) is 0. The van der Waals surface area contributed by atoms with E-state index >= 15 is 0 Å². The molecule has 0 atom stereocenters. The fourth-order valence-electron chi connectivity index (χ4n) is 0.866. The van der Waals surface area contributed by atoms with Gasteiger partial charge in [-0.25, -0.2) is 4.79 Å². The first-order chi connectivity index (χ1) is 6.20. The lowest BCUT2D eigenvalue weighted by Gasteiger charge is -1.96. The summed E-state index contributed by atoms with van der Waals surface area (Å²) in [5.74, 6) is -1.24. The van der Waals surface area contributed by atoms with Crippen LogP contribution in [0.25, 0.3) is 0 Å². The smallest absolute Gasteiger partial charge is 0.341 e. The van der Waals surface area contributed by atoms with Gasteiger partial charge in [-0.15, -0.1) is 0 Å². The Morgan fingerprint density at radius 2 is 2.08 bits per heavy atom. The number of carbonyl (C=O) groups excluding carboxylic acids is 2. The van der Waals surface area contributed by atoms with Crippen molar-refractivity contribution in [3.05, 3.63) is 23.7 Å². The fourth-order valence-corrected chi connectivity index (χ4v) is 0.866. The minimum Gasteiger partial charge on any atom is -0.471 e. The summed E-state index contributed by atoms with van der Waals surface area (Å²) in [6.07, 6.45) is 2.21. The Hall–Kier alpha value is -1.62. The molecule has 0 bridgehead atoms. The maximum absolute atomic E-state index is 11.0. The molecule has 1 heterocycles. The van der Waals surface area contributed by atoms with Gasteiger partial charge in [0.25, 0.3) is 0 Å². The number of carbonyl (C=O) groups is 2. The molecule has 0 aliphatic carbocycles. The monoisotopic (exact) mass is 184 g/mol. The van der Waals surface area contributed by atoms with Crippen LogP contribution in [-0.2, 0) is 4.74 Å². The predicted molar refractivity (Wildman–Crippen MR) is 41.5 cm³/mol. The van der Waals surface area contributed by atoms with Gasteiger partial charge in [0.05, 0.1) is 12.7 Å². The number of methoxy groups -OCH3 is 1. The van der Waals surface area contributed by atoms with Crippen LogP contribution in [0.15, 0.2) is 16.9 Å². The molecule has 0 aromatic carbocycles. The van der Waals surface area contributed by atoms with E-state index in [9.17, 15) is 9.59 Å². The molecular formula is C8H8O5. The van der Waals surface area contributed by atoms with Crippen LogP contribution in [0.4, 0.5) is 0 Å². The quantitative estimate of drug-likeness (QED) is 0.537. The van der Waals surface area contributed by atoms with Crippen LogP contribution in [0.3, 0.4) is 0 Å². The maximum Gasteiger partial charge on any atom is 0.341 e. The molecule has 0 saturated carbocycles. The van der Waals surface area contributed by atoms with Gasteiger partial charge < -0.3 is 14.3 Å². The molecule has 0 aliphatic rings. The molecule has 70 valence electrons. The van der Waals surface area contributed by atoms with E-state index in [1.807, 2.05) is 0 Å². The van der Waals surface area contributed by atoms with Crippen molar-refractivity contribution in [2.45, 2.75) is 0 Å². The highest BCUT2D eigenvalue weighted by molar-refractivity contribution is 6.06. The third-order valence-electron chi connectivity index (χ3n) is 1.51. The lowest BCUT2D eigenvalue weighted by atomic mass is 10.1. The zero-order valence-electron chi connectivity index (χ0n) is 6.94. The summed E-state index contributed by atoms with van der Waals surface area (Å²) in [5.41, 5.74) is 0.0656. The second-order valence-electron chi connectivity index (χ2n) is 2.27. The van der Waals surface area contributed by atoms with E-state index in [1.54, 1.807) is 0 Å². The number of rotatable bonds is 3. The van der Waals surface area contributed by atoms with Crippen molar-refractivity contribution in [2.75, 3.05) is 13.7 Å².